The molecule has 0 aliphatic heterocycles. The molecule has 0 bridgehead atoms. The van der Waals surface area contributed by atoms with E-state index in [9.17, 15) is 17.4 Å². The average molecular weight is 401 g/mol. The molecule has 1 atom stereocenters. The van der Waals surface area contributed by atoms with Crippen LogP contribution in [0.15, 0.2) is 87.5 Å². The van der Waals surface area contributed by atoms with E-state index in [0.717, 1.165) is 11.1 Å². The molecule has 3 aromatic rings. The predicted octanol–water partition coefficient (Wildman–Crippen LogP) is 3.81. The lowest BCUT2D eigenvalue weighted by Crippen LogP contribution is -2.16. The van der Waals surface area contributed by atoms with Crippen molar-refractivity contribution < 1.29 is 17.4 Å². The number of sulfonamides is 1. The molecular weight excluding hydrogens is 385 g/mol. The molecule has 0 saturated heterocycles. The van der Waals surface area contributed by atoms with E-state index in [0.29, 0.717) is 4.90 Å². The van der Waals surface area contributed by atoms with Crippen LogP contribution in [0.2, 0.25) is 0 Å². The molecule has 0 spiro atoms. The van der Waals surface area contributed by atoms with Crippen molar-refractivity contribution in [3.63, 3.8) is 0 Å². The van der Waals surface area contributed by atoms with Gasteiger partial charge >= 0.3 is 0 Å². The molecule has 0 amide bonds. The summed E-state index contributed by atoms with van der Waals surface area (Å²) < 4.78 is 49.1. The molecule has 0 radical (unpaired) electrons. The third-order valence-corrected chi connectivity index (χ3v) is 6.34. The first-order chi connectivity index (χ1) is 12.8. The molecule has 1 unspecified atom stereocenters. The molecule has 0 aliphatic rings. The SMILES string of the molecule is NS(=O)(=O)c1ccccc1[S+]([O-])c1ccc(C=Cc2ccc(F)cc2)cc1. The van der Waals surface area contributed by atoms with Crippen LogP contribution in [-0.4, -0.2) is 13.0 Å². The first kappa shape index (κ1) is 19.3. The van der Waals surface area contributed by atoms with Crippen molar-refractivity contribution in [1.82, 2.24) is 0 Å². The van der Waals surface area contributed by atoms with Crippen LogP contribution in [0.4, 0.5) is 4.39 Å². The molecule has 7 heteroatoms. The molecule has 4 nitrogen and oxygen atoms in total. The van der Waals surface area contributed by atoms with Crippen molar-refractivity contribution in [2.75, 3.05) is 0 Å². The van der Waals surface area contributed by atoms with Gasteiger partial charge in [0.2, 0.25) is 10.0 Å². The van der Waals surface area contributed by atoms with Crippen LogP contribution in [0.3, 0.4) is 0 Å². The average Bonchev–Trinajstić information content (AvgIpc) is 2.67. The maximum atomic E-state index is 12.9. The minimum absolute atomic E-state index is 0.148. The first-order valence-electron chi connectivity index (χ1n) is 7.92. The van der Waals surface area contributed by atoms with Crippen molar-refractivity contribution in [2.24, 2.45) is 5.14 Å². The summed E-state index contributed by atoms with van der Waals surface area (Å²) in [5, 5.41) is 5.21. The summed E-state index contributed by atoms with van der Waals surface area (Å²) in [4.78, 5) is 0.461. The van der Waals surface area contributed by atoms with Crippen molar-refractivity contribution >= 4 is 33.4 Å². The summed E-state index contributed by atoms with van der Waals surface area (Å²) >= 11 is -1.68. The zero-order valence-corrected chi connectivity index (χ0v) is 15.7. The van der Waals surface area contributed by atoms with E-state index in [1.807, 2.05) is 12.2 Å². The quantitative estimate of drug-likeness (QED) is 0.521. The van der Waals surface area contributed by atoms with Crippen LogP contribution in [0.5, 0.6) is 0 Å². The molecule has 0 saturated carbocycles. The molecular formula is C20H16FNO3S2. The van der Waals surface area contributed by atoms with Crippen molar-refractivity contribution in [1.29, 1.82) is 0 Å². The summed E-state index contributed by atoms with van der Waals surface area (Å²) in [6.45, 7) is 0. The van der Waals surface area contributed by atoms with Crippen molar-refractivity contribution in [2.45, 2.75) is 14.7 Å². The smallest absolute Gasteiger partial charge is 0.243 e. The Morgan fingerprint density at radius 2 is 1.37 bits per heavy atom. The van der Waals surface area contributed by atoms with Gasteiger partial charge in [-0.3, -0.25) is 0 Å². The summed E-state index contributed by atoms with van der Waals surface area (Å²) in [5.74, 6) is -0.293. The molecule has 138 valence electrons. The van der Waals surface area contributed by atoms with E-state index in [1.165, 1.54) is 30.3 Å². The highest BCUT2D eigenvalue weighted by atomic mass is 32.2. The molecule has 0 fully saturated rings. The van der Waals surface area contributed by atoms with E-state index in [1.54, 1.807) is 42.5 Å². The molecule has 0 aromatic heterocycles. The topological polar surface area (TPSA) is 83.2 Å². The number of hydrogen-bond donors (Lipinski definition) is 1. The Balaban J connectivity index is 1.82. The largest absolute Gasteiger partial charge is 0.606 e. The second-order valence-corrected chi connectivity index (χ2v) is 8.69. The van der Waals surface area contributed by atoms with Gasteiger partial charge in [0.15, 0.2) is 9.79 Å². The van der Waals surface area contributed by atoms with Crippen LogP contribution in [0.1, 0.15) is 11.1 Å². The highest BCUT2D eigenvalue weighted by Crippen LogP contribution is 2.26. The van der Waals surface area contributed by atoms with Gasteiger partial charge in [0.1, 0.15) is 10.7 Å². The molecule has 0 heterocycles. The Bertz CT molecular complexity index is 1060. The van der Waals surface area contributed by atoms with Crippen LogP contribution >= 0.6 is 0 Å². The number of hydrogen-bond acceptors (Lipinski definition) is 3. The zero-order valence-electron chi connectivity index (χ0n) is 14.1. The number of benzene rings is 3. The lowest BCUT2D eigenvalue weighted by molar-refractivity contribution is 0.583. The lowest BCUT2D eigenvalue weighted by Gasteiger charge is -2.12. The number of rotatable bonds is 5. The van der Waals surface area contributed by atoms with Crippen LogP contribution in [0, 0.1) is 5.82 Å². The zero-order chi connectivity index (χ0) is 19.4. The normalized spacial score (nSPS) is 13.0. The van der Waals surface area contributed by atoms with Gasteiger partial charge in [0, 0.05) is 11.2 Å². The minimum Gasteiger partial charge on any atom is -0.606 e. The highest BCUT2D eigenvalue weighted by molar-refractivity contribution is 7.93. The molecule has 27 heavy (non-hydrogen) atoms. The van der Waals surface area contributed by atoms with Gasteiger partial charge in [0.05, 0.1) is 0 Å². The lowest BCUT2D eigenvalue weighted by atomic mass is 10.1. The molecule has 3 rings (SSSR count). The summed E-state index contributed by atoms with van der Waals surface area (Å²) in [6, 6.07) is 18.9. The fourth-order valence-electron chi connectivity index (χ4n) is 2.43. The Morgan fingerprint density at radius 1 is 0.852 bits per heavy atom. The second-order valence-electron chi connectivity index (χ2n) is 5.71. The fraction of sp³-hybridized carbons (Fsp3) is 0. The van der Waals surface area contributed by atoms with Gasteiger partial charge in [0.25, 0.3) is 0 Å². The van der Waals surface area contributed by atoms with Crippen LogP contribution in [0.25, 0.3) is 12.2 Å². The third kappa shape index (κ3) is 4.84. The monoisotopic (exact) mass is 401 g/mol. The highest BCUT2D eigenvalue weighted by Gasteiger charge is 2.24. The molecule has 3 aromatic carbocycles. The molecule has 0 aliphatic carbocycles. The fourth-order valence-corrected chi connectivity index (χ4v) is 4.72. The van der Waals surface area contributed by atoms with E-state index in [2.05, 4.69) is 0 Å². The number of halogens is 1. The van der Waals surface area contributed by atoms with Gasteiger partial charge < -0.3 is 4.55 Å². The summed E-state index contributed by atoms with van der Waals surface area (Å²) in [6.07, 6.45) is 3.68. The second kappa shape index (κ2) is 8.06. The number of nitrogens with two attached hydrogens (primary N) is 1. The predicted molar refractivity (Wildman–Crippen MR) is 104 cm³/mol. The summed E-state index contributed by atoms with van der Waals surface area (Å²) in [5.41, 5.74) is 1.71. The van der Waals surface area contributed by atoms with Crippen LogP contribution < -0.4 is 5.14 Å². The van der Waals surface area contributed by atoms with Crippen molar-refractivity contribution in [3.05, 3.63) is 89.7 Å². The van der Waals surface area contributed by atoms with E-state index < -0.39 is 21.2 Å². The first-order valence-corrected chi connectivity index (χ1v) is 10.6. The maximum Gasteiger partial charge on any atom is 0.243 e. The van der Waals surface area contributed by atoms with Gasteiger partial charge in [-0.05, 0) is 59.7 Å². The van der Waals surface area contributed by atoms with Gasteiger partial charge in [-0.1, -0.05) is 36.4 Å². The Morgan fingerprint density at radius 3 is 1.93 bits per heavy atom. The van der Waals surface area contributed by atoms with E-state index >= 15 is 0 Å². The minimum atomic E-state index is -3.97. The maximum absolute atomic E-state index is 12.9. The Hall–Kier alpha value is -2.45. The van der Waals surface area contributed by atoms with E-state index in [4.69, 9.17) is 5.14 Å². The Labute approximate surface area is 160 Å². The third-order valence-electron chi connectivity index (χ3n) is 3.79. The van der Waals surface area contributed by atoms with Gasteiger partial charge in [-0.15, -0.1) is 0 Å². The molecule has 2 N–H and O–H groups in total. The van der Waals surface area contributed by atoms with Gasteiger partial charge in [-0.2, -0.15) is 0 Å². The van der Waals surface area contributed by atoms with Crippen LogP contribution in [-0.2, 0) is 21.2 Å². The Kier molecular flexibility index (Phi) is 5.76. The number of primary sulfonamides is 1. The summed E-state index contributed by atoms with van der Waals surface area (Å²) in [7, 11) is -3.97. The van der Waals surface area contributed by atoms with Gasteiger partial charge in [-0.25, -0.2) is 17.9 Å². The standard InChI is InChI=1S/C20H16FNO3S2/c21-17-11-7-15(8-12-17)5-6-16-9-13-18(14-10-16)26(23)19-3-1-2-4-20(19)27(22,24)25/h1-14H,(H2,22,24,25). The van der Waals surface area contributed by atoms with E-state index in [-0.39, 0.29) is 15.6 Å². The van der Waals surface area contributed by atoms with Crippen molar-refractivity contribution in [3.8, 4) is 0 Å².